The van der Waals surface area contributed by atoms with Crippen LogP contribution in [0.5, 0.6) is 0 Å². The summed E-state index contributed by atoms with van der Waals surface area (Å²) in [5.41, 5.74) is 1.17. The van der Waals surface area contributed by atoms with Gasteiger partial charge in [-0.3, -0.25) is 4.79 Å². The third-order valence-corrected chi connectivity index (χ3v) is 3.86. The molecule has 0 saturated carbocycles. The molecule has 2 aromatic rings. The van der Waals surface area contributed by atoms with Crippen molar-refractivity contribution in [3.05, 3.63) is 53.1 Å². The van der Waals surface area contributed by atoms with E-state index in [0.29, 0.717) is 15.5 Å². The van der Waals surface area contributed by atoms with Crippen LogP contribution in [0.4, 0.5) is 5.69 Å². The highest BCUT2D eigenvalue weighted by Gasteiger charge is 2.11. The molecular weight excluding hydrogens is 298 g/mol. The second-order valence-electron chi connectivity index (χ2n) is 3.85. The standard InChI is InChI=1S/C14H12ClNOS2/c1-19-11-4-2-3-9(7-11)16-14(17)12-8-10(18)5-6-13(12)15/h2-8,18H,1H3,(H,16,17). The minimum atomic E-state index is -0.237. The highest BCUT2D eigenvalue weighted by Crippen LogP contribution is 2.23. The quantitative estimate of drug-likeness (QED) is 0.641. The highest BCUT2D eigenvalue weighted by molar-refractivity contribution is 7.98. The Bertz CT molecular complexity index is 616. The van der Waals surface area contributed by atoms with Gasteiger partial charge in [0.15, 0.2) is 0 Å². The number of hydrogen-bond donors (Lipinski definition) is 2. The van der Waals surface area contributed by atoms with Crippen LogP contribution in [0.3, 0.4) is 0 Å². The average Bonchev–Trinajstić information content (AvgIpc) is 2.41. The summed E-state index contributed by atoms with van der Waals surface area (Å²) in [6, 6.07) is 12.7. The maximum atomic E-state index is 12.2. The zero-order valence-electron chi connectivity index (χ0n) is 10.2. The molecule has 0 atom stereocenters. The number of thiol groups is 1. The summed E-state index contributed by atoms with van der Waals surface area (Å²) in [5.74, 6) is -0.237. The number of halogens is 1. The third kappa shape index (κ3) is 3.69. The van der Waals surface area contributed by atoms with Crippen molar-refractivity contribution >= 4 is 47.6 Å². The molecule has 0 aliphatic rings. The molecule has 0 spiro atoms. The van der Waals surface area contributed by atoms with E-state index in [1.807, 2.05) is 30.5 Å². The minimum absolute atomic E-state index is 0.237. The molecule has 0 bridgehead atoms. The van der Waals surface area contributed by atoms with Gasteiger partial charge < -0.3 is 5.32 Å². The van der Waals surface area contributed by atoms with Crippen LogP contribution < -0.4 is 5.32 Å². The van der Waals surface area contributed by atoms with Gasteiger partial charge in [0.1, 0.15) is 0 Å². The summed E-state index contributed by atoms with van der Waals surface area (Å²) in [7, 11) is 0. The van der Waals surface area contributed by atoms with Crippen molar-refractivity contribution in [1.29, 1.82) is 0 Å². The van der Waals surface area contributed by atoms with Crippen molar-refractivity contribution in [2.45, 2.75) is 9.79 Å². The van der Waals surface area contributed by atoms with E-state index < -0.39 is 0 Å². The van der Waals surface area contributed by atoms with Crippen LogP contribution in [0.1, 0.15) is 10.4 Å². The second kappa shape index (κ2) is 6.37. The first-order valence-electron chi connectivity index (χ1n) is 5.54. The highest BCUT2D eigenvalue weighted by atomic mass is 35.5. The number of carbonyl (C=O) groups excluding carboxylic acids is 1. The number of hydrogen-bond acceptors (Lipinski definition) is 3. The lowest BCUT2D eigenvalue weighted by Gasteiger charge is -2.08. The molecule has 0 aromatic heterocycles. The molecule has 5 heteroatoms. The molecule has 2 aromatic carbocycles. The Morgan fingerprint density at radius 2 is 2.05 bits per heavy atom. The van der Waals surface area contributed by atoms with Crippen molar-refractivity contribution in [1.82, 2.24) is 0 Å². The average molecular weight is 310 g/mol. The molecule has 0 radical (unpaired) electrons. The summed E-state index contributed by atoms with van der Waals surface area (Å²) < 4.78 is 0. The SMILES string of the molecule is CSc1cccc(NC(=O)c2cc(S)ccc2Cl)c1. The number of rotatable bonds is 3. The predicted octanol–water partition coefficient (Wildman–Crippen LogP) is 4.60. The Hall–Kier alpha value is -1.10. The van der Waals surface area contributed by atoms with Gasteiger partial charge in [0.05, 0.1) is 10.6 Å². The fraction of sp³-hybridized carbons (Fsp3) is 0.0714. The Balaban J connectivity index is 2.23. The van der Waals surface area contributed by atoms with Crippen LogP contribution in [0, 0.1) is 0 Å². The Morgan fingerprint density at radius 3 is 2.79 bits per heavy atom. The van der Waals surface area contributed by atoms with E-state index in [9.17, 15) is 4.79 Å². The molecule has 0 saturated heterocycles. The lowest BCUT2D eigenvalue weighted by Crippen LogP contribution is -2.12. The largest absolute Gasteiger partial charge is 0.322 e. The van der Waals surface area contributed by atoms with Crippen molar-refractivity contribution in [3.8, 4) is 0 Å². The van der Waals surface area contributed by atoms with Crippen LogP contribution in [-0.4, -0.2) is 12.2 Å². The summed E-state index contributed by atoms with van der Waals surface area (Å²) in [6.45, 7) is 0. The Kier molecular flexibility index (Phi) is 4.80. The van der Waals surface area contributed by atoms with Gasteiger partial charge >= 0.3 is 0 Å². The van der Waals surface area contributed by atoms with Crippen LogP contribution >= 0.6 is 36.0 Å². The normalized spacial score (nSPS) is 10.3. The maximum absolute atomic E-state index is 12.2. The van der Waals surface area contributed by atoms with Crippen molar-refractivity contribution in [3.63, 3.8) is 0 Å². The summed E-state index contributed by atoms with van der Waals surface area (Å²) in [6.07, 6.45) is 1.99. The topological polar surface area (TPSA) is 29.1 Å². The molecule has 2 nitrogen and oxygen atoms in total. The number of amides is 1. The van der Waals surface area contributed by atoms with E-state index in [0.717, 1.165) is 10.6 Å². The zero-order chi connectivity index (χ0) is 13.8. The van der Waals surface area contributed by atoms with Gasteiger partial charge in [-0.15, -0.1) is 24.4 Å². The first-order valence-corrected chi connectivity index (χ1v) is 7.59. The first kappa shape index (κ1) is 14.3. The van der Waals surface area contributed by atoms with E-state index >= 15 is 0 Å². The summed E-state index contributed by atoms with van der Waals surface area (Å²) >= 11 is 11.9. The van der Waals surface area contributed by atoms with Gasteiger partial charge in [-0.05, 0) is 42.7 Å². The maximum Gasteiger partial charge on any atom is 0.257 e. The van der Waals surface area contributed by atoms with Gasteiger partial charge in [-0.25, -0.2) is 0 Å². The fourth-order valence-electron chi connectivity index (χ4n) is 1.59. The van der Waals surface area contributed by atoms with Gasteiger partial charge in [-0.1, -0.05) is 17.7 Å². The number of thioether (sulfide) groups is 1. The van der Waals surface area contributed by atoms with Gasteiger partial charge in [0, 0.05) is 15.5 Å². The summed E-state index contributed by atoms with van der Waals surface area (Å²) in [5, 5.41) is 3.24. The Labute approximate surface area is 127 Å². The number of nitrogens with one attached hydrogen (secondary N) is 1. The van der Waals surface area contributed by atoms with Gasteiger partial charge in [0.2, 0.25) is 0 Å². The molecule has 0 aliphatic heterocycles. The van der Waals surface area contributed by atoms with Crippen molar-refractivity contribution in [2.24, 2.45) is 0 Å². The van der Waals surface area contributed by atoms with E-state index in [1.165, 1.54) is 0 Å². The van der Waals surface area contributed by atoms with E-state index in [2.05, 4.69) is 17.9 Å². The Morgan fingerprint density at radius 1 is 1.26 bits per heavy atom. The number of anilines is 1. The van der Waals surface area contributed by atoms with E-state index in [-0.39, 0.29) is 5.91 Å². The second-order valence-corrected chi connectivity index (χ2v) is 5.65. The molecule has 2 rings (SSSR count). The molecule has 0 heterocycles. The molecule has 19 heavy (non-hydrogen) atoms. The van der Waals surface area contributed by atoms with Crippen LogP contribution in [0.15, 0.2) is 52.3 Å². The fourth-order valence-corrected chi connectivity index (χ4v) is 2.45. The van der Waals surface area contributed by atoms with Crippen molar-refractivity contribution in [2.75, 3.05) is 11.6 Å². The lowest BCUT2D eigenvalue weighted by atomic mass is 10.2. The summed E-state index contributed by atoms with van der Waals surface area (Å²) in [4.78, 5) is 13.9. The molecule has 98 valence electrons. The minimum Gasteiger partial charge on any atom is -0.322 e. The lowest BCUT2D eigenvalue weighted by molar-refractivity contribution is 0.102. The first-order chi connectivity index (χ1) is 9.10. The third-order valence-electron chi connectivity index (χ3n) is 2.52. The predicted molar refractivity (Wildman–Crippen MR) is 84.9 cm³/mol. The van der Waals surface area contributed by atoms with Crippen LogP contribution in [-0.2, 0) is 0 Å². The molecule has 0 unspecified atom stereocenters. The molecule has 0 aliphatic carbocycles. The number of benzene rings is 2. The van der Waals surface area contributed by atoms with Crippen LogP contribution in [0.25, 0.3) is 0 Å². The molecular formula is C14H12ClNOS2. The van der Waals surface area contributed by atoms with E-state index in [4.69, 9.17) is 11.6 Å². The van der Waals surface area contributed by atoms with Crippen molar-refractivity contribution < 1.29 is 4.79 Å². The monoisotopic (exact) mass is 309 g/mol. The number of carbonyl (C=O) groups is 1. The smallest absolute Gasteiger partial charge is 0.257 e. The molecule has 1 N–H and O–H groups in total. The molecule has 1 amide bonds. The zero-order valence-corrected chi connectivity index (χ0v) is 12.6. The van der Waals surface area contributed by atoms with E-state index in [1.54, 1.807) is 30.0 Å². The van der Waals surface area contributed by atoms with Crippen LogP contribution in [0.2, 0.25) is 5.02 Å². The molecule has 0 fully saturated rings. The van der Waals surface area contributed by atoms with Gasteiger partial charge in [0.25, 0.3) is 5.91 Å². The van der Waals surface area contributed by atoms with Gasteiger partial charge in [-0.2, -0.15) is 0 Å².